The van der Waals surface area contributed by atoms with E-state index in [4.69, 9.17) is 10.5 Å². The van der Waals surface area contributed by atoms with E-state index in [1.807, 2.05) is 0 Å². The molecule has 3 atom stereocenters. The lowest BCUT2D eigenvalue weighted by Gasteiger charge is -2.26. The van der Waals surface area contributed by atoms with E-state index in [0.29, 0.717) is 5.92 Å². The zero-order valence-corrected chi connectivity index (χ0v) is 19.2. The highest BCUT2D eigenvalue weighted by Gasteiger charge is 2.35. The van der Waals surface area contributed by atoms with Gasteiger partial charge in [-0.3, -0.25) is 0 Å². The summed E-state index contributed by atoms with van der Waals surface area (Å²) in [6.45, 7) is 4.39. The van der Waals surface area contributed by atoms with Crippen molar-refractivity contribution >= 4 is 0 Å². The zero-order chi connectivity index (χ0) is 21.1. The van der Waals surface area contributed by atoms with Crippen molar-refractivity contribution in [1.29, 1.82) is 0 Å². The molecule has 1 saturated carbocycles. The molecule has 30 heavy (non-hydrogen) atoms. The van der Waals surface area contributed by atoms with Gasteiger partial charge < -0.3 is 10.5 Å². The standard InChI is InChI=1S/C28H39NO/c1-4-28(29)13-12-26(19-28)25-11-10-23-16-21(8-9-24(23)18-25)6-5-7-22-14-20(2)15-27(17-22)30-3/h10-11,14-15,17-18,21,26H,4-9,12-13,16,19,29H2,1-3H3/t21-,26+,28-/m1/s1. The summed E-state index contributed by atoms with van der Waals surface area (Å²) in [4.78, 5) is 0. The highest BCUT2D eigenvalue weighted by atomic mass is 16.5. The minimum Gasteiger partial charge on any atom is -0.497 e. The van der Waals surface area contributed by atoms with Crippen LogP contribution in [-0.2, 0) is 19.3 Å². The predicted octanol–water partition coefficient (Wildman–Crippen LogP) is 6.51. The van der Waals surface area contributed by atoms with Gasteiger partial charge in [0.05, 0.1) is 7.11 Å². The molecule has 2 nitrogen and oxygen atoms in total. The fraction of sp³-hybridized carbons (Fsp3) is 0.571. The van der Waals surface area contributed by atoms with E-state index in [9.17, 15) is 0 Å². The molecule has 2 N–H and O–H groups in total. The number of fused-ring (bicyclic) bond motifs is 1. The third-order valence-electron chi connectivity index (χ3n) is 7.80. The highest BCUT2D eigenvalue weighted by molar-refractivity contribution is 5.37. The van der Waals surface area contributed by atoms with Crippen LogP contribution in [0.2, 0.25) is 0 Å². The second kappa shape index (κ2) is 9.14. The fourth-order valence-electron chi connectivity index (χ4n) is 5.79. The van der Waals surface area contributed by atoms with E-state index in [2.05, 4.69) is 50.2 Å². The van der Waals surface area contributed by atoms with Gasteiger partial charge in [0.1, 0.15) is 5.75 Å². The average molecular weight is 406 g/mol. The average Bonchev–Trinajstić information content (AvgIpc) is 3.16. The van der Waals surface area contributed by atoms with Gasteiger partial charge in [0.25, 0.3) is 0 Å². The number of methoxy groups -OCH3 is 1. The van der Waals surface area contributed by atoms with Gasteiger partial charge in [-0.25, -0.2) is 0 Å². The van der Waals surface area contributed by atoms with Crippen molar-refractivity contribution in [3.8, 4) is 5.75 Å². The van der Waals surface area contributed by atoms with Crippen molar-refractivity contribution < 1.29 is 4.74 Å². The Kier molecular flexibility index (Phi) is 6.53. The van der Waals surface area contributed by atoms with E-state index in [1.165, 1.54) is 56.1 Å². The molecule has 2 aromatic rings. The predicted molar refractivity (Wildman–Crippen MR) is 126 cm³/mol. The molecule has 2 aliphatic carbocycles. The summed E-state index contributed by atoms with van der Waals surface area (Å²) in [5, 5.41) is 0. The SMILES string of the molecule is CC[C@@]1(N)CC[C@H](c2ccc3c(c2)CC[C@@H](CCCc2cc(C)cc(OC)c2)C3)C1. The Morgan fingerprint density at radius 2 is 1.97 bits per heavy atom. The molecule has 0 aliphatic heterocycles. The summed E-state index contributed by atoms with van der Waals surface area (Å²) >= 11 is 0. The molecule has 0 radical (unpaired) electrons. The lowest BCUT2D eigenvalue weighted by molar-refractivity contribution is 0.409. The smallest absolute Gasteiger partial charge is 0.119 e. The van der Waals surface area contributed by atoms with Crippen LogP contribution >= 0.6 is 0 Å². The van der Waals surface area contributed by atoms with Crippen LogP contribution < -0.4 is 10.5 Å². The molecule has 0 aromatic heterocycles. The lowest BCUT2D eigenvalue weighted by Crippen LogP contribution is -2.35. The molecule has 0 heterocycles. The Labute approximate surface area is 183 Å². The lowest BCUT2D eigenvalue weighted by atomic mass is 9.79. The van der Waals surface area contributed by atoms with Crippen molar-refractivity contribution in [2.24, 2.45) is 11.7 Å². The van der Waals surface area contributed by atoms with E-state index >= 15 is 0 Å². The number of hydrogen-bond acceptors (Lipinski definition) is 2. The summed E-state index contributed by atoms with van der Waals surface area (Å²) in [5.74, 6) is 2.49. The monoisotopic (exact) mass is 405 g/mol. The molecule has 2 aliphatic rings. The number of rotatable bonds is 7. The van der Waals surface area contributed by atoms with Crippen LogP contribution in [0.3, 0.4) is 0 Å². The van der Waals surface area contributed by atoms with Gasteiger partial charge in [-0.05, 0) is 123 Å². The largest absolute Gasteiger partial charge is 0.497 e. The molecule has 2 heteroatoms. The maximum Gasteiger partial charge on any atom is 0.119 e. The molecule has 0 amide bonds. The molecule has 4 rings (SSSR count). The molecule has 1 fully saturated rings. The number of aryl methyl sites for hydroxylation is 3. The first kappa shape index (κ1) is 21.4. The van der Waals surface area contributed by atoms with Crippen LogP contribution in [-0.4, -0.2) is 12.6 Å². The zero-order valence-electron chi connectivity index (χ0n) is 19.2. The van der Waals surface area contributed by atoms with Gasteiger partial charge in [0.15, 0.2) is 0 Å². The molecule has 162 valence electrons. The molecule has 0 spiro atoms. The second-order valence-corrected chi connectivity index (χ2v) is 10.0. The first-order valence-corrected chi connectivity index (χ1v) is 12.0. The van der Waals surface area contributed by atoms with Crippen molar-refractivity contribution in [3.05, 3.63) is 64.2 Å². The van der Waals surface area contributed by atoms with Crippen LogP contribution in [0, 0.1) is 12.8 Å². The Morgan fingerprint density at radius 3 is 2.73 bits per heavy atom. The molecular weight excluding hydrogens is 366 g/mol. The Balaban J connectivity index is 1.32. The first-order chi connectivity index (χ1) is 14.5. The van der Waals surface area contributed by atoms with E-state index in [-0.39, 0.29) is 5.54 Å². The van der Waals surface area contributed by atoms with Gasteiger partial charge in [0, 0.05) is 5.54 Å². The van der Waals surface area contributed by atoms with E-state index in [1.54, 1.807) is 23.8 Å². The second-order valence-electron chi connectivity index (χ2n) is 10.0. The van der Waals surface area contributed by atoms with Crippen LogP contribution in [0.5, 0.6) is 5.75 Å². The van der Waals surface area contributed by atoms with E-state index in [0.717, 1.165) is 30.9 Å². The quantitative estimate of drug-likeness (QED) is 0.570. The van der Waals surface area contributed by atoms with Crippen molar-refractivity contribution in [1.82, 2.24) is 0 Å². The maximum atomic E-state index is 6.55. The Hall–Kier alpha value is -1.80. The summed E-state index contributed by atoms with van der Waals surface area (Å²) in [6.07, 6.45) is 12.3. The van der Waals surface area contributed by atoms with Crippen LogP contribution in [0.4, 0.5) is 0 Å². The van der Waals surface area contributed by atoms with Gasteiger partial charge >= 0.3 is 0 Å². The fourth-order valence-corrected chi connectivity index (χ4v) is 5.79. The minimum atomic E-state index is 0.0764. The normalized spacial score (nSPS) is 25.9. The highest BCUT2D eigenvalue weighted by Crippen LogP contribution is 2.42. The van der Waals surface area contributed by atoms with Gasteiger partial charge in [0.2, 0.25) is 0 Å². The van der Waals surface area contributed by atoms with Crippen LogP contribution in [0.25, 0.3) is 0 Å². The van der Waals surface area contributed by atoms with Crippen LogP contribution in [0.1, 0.15) is 85.6 Å². The number of benzene rings is 2. The van der Waals surface area contributed by atoms with Crippen molar-refractivity contribution in [3.63, 3.8) is 0 Å². The number of nitrogens with two attached hydrogens (primary N) is 1. The first-order valence-electron chi connectivity index (χ1n) is 12.0. The minimum absolute atomic E-state index is 0.0764. The molecule has 0 saturated heterocycles. The topological polar surface area (TPSA) is 35.2 Å². The van der Waals surface area contributed by atoms with Gasteiger partial charge in [-0.2, -0.15) is 0 Å². The summed E-state index contributed by atoms with van der Waals surface area (Å²) in [6, 6.07) is 14.0. The molecule has 2 aromatic carbocycles. The van der Waals surface area contributed by atoms with Crippen molar-refractivity contribution in [2.75, 3.05) is 7.11 Å². The Morgan fingerprint density at radius 1 is 1.10 bits per heavy atom. The summed E-state index contributed by atoms with van der Waals surface area (Å²) in [5.41, 5.74) is 14.1. The Bertz CT molecular complexity index is 873. The van der Waals surface area contributed by atoms with Gasteiger partial charge in [-0.1, -0.05) is 31.2 Å². The summed E-state index contributed by atoms with van der Waals surface area (Å²) in [7, 11) is 1.76. The third kappa shape index (κ3) is 4.91. The molecule has 0 unspecified atom stereocenters. The summed E-state index contributed by atoms with van der Waals surface area (Å²) < 4.78 is 5.43. The van der Waals surface area contributed by atoms with Crippen molar-refractivity contribution in [2.45, 2.75) is 89.5 Å². The maximum absolute atomic E-state index is 6.55. The van der Waals surface area contributed by atoms with E-state index < -0.39 is 0 Å². The van der Waals surface area contributed by atoms with Crippen LogP contribution in [0.15, 0.2) is 36.4 Å². The third-order valence-corrected chi connectivity index (χ3v) is 7.80. The number of hydrogen-bond donors (Lipinski definition) is 1. The molecular formula is C28H39NO. The molecule has 0 bridgehead atoms. The number of ether oxygens (including phenoxy) is 1. The van der Waals surface area contributed by atoms with Gasteiger partial charge in [-0.15, -0.1) is 0 Å².